The zero-order chi connectivity index (χ0) is 11.1. The Hall–Kier alpha value is -2.08. The van der Waals surface area contributed by atoms with Gasteiger partial charge in [-0.1, -0.05) is 12.7 Å². The third-order valence-corrected chi connectivity index (χ3v) is 1.88. The summed E-state index contributed by atoms with van der Waals surface area (Å²) in [6.07, 6.45) is 5.62. The molecule has 0 radical (unpaired) electrons. The average Bonchev–Trinajstić information content (AvgIpc) is 2.29. The molecule has 0 N–H and O–H groups in total. The lowest BCUT2D eigenvalue weighted by Crippen LogP contribution is -1.95. The first-order valence-corrected chi connectivity index (χ1v) is 4.50. The molecule has 1 aromatic rings. The Bertz CT molecular complexity index is 399. The molecule has 0 aliphatic rings. The summed E-state index contributed by atoms with van der Waals surface area (Å²) in [6.45, 7) is 3.60. The lowest BCUT2D eigenvalue weighted by atomic mass is 10.2. The number of rotatable bonds is 4. The van der Waals surface area contributed by atoms with Crippen molar-refractivity contribution in [3.63, 3.8) is 0 Å². The summed E-state index contributed by atoms with van der Waals surface area (Å²) in [5.41, 5.74) is 1.43. The lowest BCUT2D eigenvalue weighted by Gasteiger charge is -2.04. The Labute approximate surface area is 89.3 Å². The highest BCUT2D eigenvalue weighted by Crippen LogP contribution is 2.07. The van der Waals surface area contributed by atoms with E-state index in [4.69, 9.17) is 10.00 Å². The van der Waals surface area contributed by atoms with Crippen molar-refractivity contribution in [2.24, 2.45) is 0 Å². The second-order valence-electron chi connectivity index (χ2n) is 2.90. The molecule has 15 heavy (non-hydrogen) atoms. The smallest absolute Gasteiger partial charge is 0.101 e. The van der Waals surface area contributed by atoms with Gasteiger partial charge in [0.1, 0.15) is 11.8 Å². The van der Waals surface area contributed by atoms with E-state index in [0.29, 0.717) is 12.0 Å². The maximum atomic E-state index is 8.60. The second-order valence-corrected chi connectivity index (χ2v) is 2.90. The summed E-state index contributed by atoms with van der Waals surface area (Å²) in [5, 5.41) is 8.60. The minimum atomic E-state index is 0.561. The first-order valence-electron chi connectivity index (χ1n) is 4.50. The largest absolute Gasteiger partial charge is 0.501 e. The van der Waals surface area contributed by atoms with Crippen molar-refractivity contribution in [3.8, 4) is 6.07 Å². The highest BCUT2D eigenvalue weighted by atomic mass is 16.5. The van der Waals surface area contributed by atoms with Gasteiger partial charge in [-0.05, 0) is 18.2 Å². The number of ether oxygens (including phenoxy) is 1. The molecule has 0 amide bonds. The van der Waals surface area contributed by atoms with Crippen molar-refractivity contribution in [3.05, 3.63) is 54.1 Å². The summed E-state index contributed by atoms with van der Waals surface area (Å²) in [6, 6.07) is 5.58. The molecule has 76 valence electrons. The molecule has 0 spiro atoms. The van der Waals surface area contributed by atoms with Gasteiger partial charge in [0, 0.05) is 18.3 Å². The van der Waals surface area contributed by atoms with Crippen LogP contribution in [0.3, 0.4) is 0 Å². The first-order chi connectivity index (χ1) is 7.30. The SMILES string of the molecule is C=C/C=C(/Cc1ccc(C#N)cn1)OC. The highest BCUT2D eigenvalue weighted by molar-refractivity contribution is 5.27. The predicted octanol–water partition coefficient (Wildman–Crippen LogP) is 2.21. The number of hydrogen-bond acceptors (Lipinski definition) is 3. The van der Waals surface area contributed by atoms with Crippen LogP contribution >= 0.6 is 0 Å². The average molecular weight is 200 g/mol. The van der Waals surface area contributed by atoms with E-state index in [1.165, 1.54) is 0 Å². The molecule has 0 bridgehead atoms. The van der Waals surface area contributed by atoms with E-state index in [0.717, 1.165) is 11.5 Å². The number of pyridine rings is 1. The predicted molar refractivity (Wildman–Crippen MR) is 57.9 cm³/mol. The van der Waals surface area contributed by atoms with Gasteiger partial charge in [0.25, 0.3) is 0 Å². The number of allylic oxidation sites excluding steroid dienone is 3. The van der Waals surface area contributed by atoms with Crippen LogP contribution in [-0.2, 0) is 11.2 Å². The van der Waals surface area contributed by atoms with Crippen molar-refractivity contribution in [1.29, 1.82) is 5.26 Å². The number of aromatic nitrogens is 1. The van der Waals surface area contributed by atoms with Gasteiger partial charge < -0.3 is 4.74 Å². The Morgan fingerprint density at radius 1 is 1.67 bits per heavy atom. The molecule has 0 aromatic carbocycles. The van der Waals surface area contributed by atoms with Gasteiger partial charge in [-0.3, -0.25) is 4.98 Å². The van der Waals surface area contributed by atoms with Crippen molar-refractivity contribution < 1.29 is 4.74 Å². The van der Waals surface area contributed by atoms with E-state index in [1.54, 1.807) is 31.5 Å². The van der Waals surface area contributed by atoms with E-state index in [1.807, 2.05) is 12.1 Å². The van der Waals surface area contributed by atoms with Crippen LogP contribution in [0, 0.1) is 11.3 Å². The van der Waals surface area contributed by atoms with Gasteiger partial charge in [0.15, 0.2) is 0 Å². The van der Waals surface area contributed by atoms with Crippen LogP contribution < -0.4 is 0 Å². The van der Waals surface area contributed by atoms with Gasteiger partial charge in [-0.25, -0.2) is 0 Å². The van der Waals surface area contributed by atoms with Crippen LogP contribution in [0.25, 0.3) is 0 Å². The van der Waals surface area contributed by atoms with Crippen LogP contribution in [0.5, 0.6) is 0 Å². The summed E-state index contributed by atoms with van der Waals surface area (Å²) < 4.78 is 5.14. The second kappa shape index (κ2) is 5.61. The molecule has 0 fully saturated rings. The number of methoxy groups -OCH3 is 1. The fourth-order valence-electron chi connectivity index (χ4n) is 1.10. The molecule has 0 aliphatic heterocycles. The fourth-order valence-corrected chi connectivity index (χ4v) is 1.10. The summed E-state index contributed by atoms with van der Waals surface area (Å²) in [4.78, 5) is 4.14. The Morgan fingerprint density at radius 2 is 2.47 bits per heavy atom. The standard InChI is InChI=1S/C12H12N2O/c1-3-4-12(15-2)7-11-6-5-10(8-13)9-14-11/h3-6,9H,1,7H2,2H3/b12-4-. The maximum absolute atomic E-state index is 8.60. The number of hydrogen-bond donors (Lipinski definition) is 0. The molecule has 0 saturated carbocycles. The van der Waals surface area contributed by atoms with E-state index in [2.05, 4.69) is 11.6 Å². The molecule has 1 rings (SSSR count). The van der Waals surface area contributed by atoms with E-state index >= 15 is 0 Å². The van der Waals surface area contributed by atoms with E-state index < -0.39 is 0 Å². The minimum absolute atomic E-state index is 0.561. The van der Waals surface area contributed by atoms with Crippen LogP contribution in [0.15, 0.2) is 42.8 Å². The topological polar surface area (TPSA) is 45.9 Å². The van der Waals surface area contributed by atoms with Crippen LogP contribution in [0.1, 0.15) is 11.3 Å². The van der Waals surface area contributed by atoms with Gasteiger partial charge in [0.05, 0.1) is 12.7 Å². The van der Waals surface area contributed by atoms with E-state index in [9.17, 15) is 0 Å². The summed E-state index contributed by atoms with van der Waals surface area (Å²) in [7, 11) is 1.61. The summed E-state index contributed by atoms with van der Waals surface area (Å²) in [5.74, 6) is 0.794. The maximum Gasteiger partial charge on any atom is 0.101 e. The Balaban J connectivity index is 2.77. The zero-order valence-electron chi connectivity index (χ0n) is 8.60. The minimum Gasteiger partial charge on any atom is -0.501 e. The van der Waals surface area contributed by atoms with E-state index in [-0.39, 0.29) is 0 Å². The molecule has 3 nitrogen and oxygen atoms in total. The van der Waals surface area contributed by atoms with Crippen molar-refractivity contribution in [2.45, 2.75) is 6.42 Å². The van der Waals surface area contributed by atoms with Crippen LogP contribution in [0.4, 0.5) is 0 Å². The molecular formula is C12H12N2O. The normalized spacial score (nSPS) is 10.5. The third kappa shape index (κ3) is 3.28. The van der Waals surface area contributed by atoms with Crippen LogP contribution in [-0.4, -0.2) is 12.1 Å². The zero-order valence-corrected chi connectivity index (χ0v) is 8.60. The van der Waals surface area contributed by atoms with Gasteiger partial charge in [-0.15, -0.1) is 0 Å². The van der Waals surface area contributed by atoms with Gasteiger partial charge in [0.2, 0.25) is 0 Å². The number of nitrogens with zero attached hydrogens (tertiary/aromatic N) is 2. The third-order valence-electron chi connectivity index (χ3n) is 1.88. The lowest BCUT2D eigenvalue weighted by molar-refractivity contribution is 0.282. The molecule has 3 heteroatoms. The van der Waals surface area contributed by atoms with Crippen molar-refractivity contribution >= 4 is 0 Å². The first kappa shape index (κ1) is 11.0. The summed E-state index contributed by atoms with van der Waals surface area (Å²) >= 11 is 0. The van der Waals surface area contributed by atoms with Crippen molar-refractivity contribution in [2.75, 3.05) is 7.11 Å². The van der Waals surface area contributed by atoms with Gasteiger partial charge >= 0.3 is 0 Å². The highest BCUT2D eigenvalue weighted by Gasteiger charge is 2.00. The van der Waals surface area contributed by atoms with Gasteiger partial charge in [-0.2, -0.15) is 5.26 Å². The molecule has 0 aliphatic carbocycles. The monoisotopic (exact) mass is 200 g/mol. The molecule has 1 heterocycles. The fraction of sp³-hybridized carbons (Fsp3) is 0.167. The molecule has 0 saturated heterocycles. The molecular weight excluding hydrogens is 188 g/mol. The quantitative estimate of drug-likeness (QED) is 0.553. The molecule has 1 aromatic heterocycles. The van der Waals surface area contributed by atoms with Crippen LogP contribution in [0.2, 0.25) is 0 Å². The molecule has 0 atom stereocenters. The van der Waals surface area contributed by atoms with Crippen molar-refractivity contribution in [1.82, 2.24) is 4.98 Å². The number of nitriles is 1. The Kier molecular flexibility index (Phi) is 4.11. The Morgan fingerprint density at radius 3 is 2.93 bits per heavy atom. The molecule has 0 unspecified atom stereocenters.